The summed E-state index contributed by atoms with van der Waals surface area (Å²) in [7, 11) is 3.23. The predicted octanol–water partition coefficient (Wildman–Crippen LogP) is -3.83. The van der Waals surface area contributed by atoms with Gasteiger partial charge in [-0.1, -0.05) is 35.9 Å². The Morgan fingerprint density at radius 1 is 1.00 bits per heavy atom. The average Bonchev–Trinajstić information content (AvgIpc) is 2.47. The SMILES string of the molecule is COc1cccc([CH-]c2c(C[O-])cccc2OC)c1.[Li+].[Li+]. The Morgan fingerprint density at radius 2 is 1.71 bits per heavy atom. The minimum atomic E-state index is -0.271. The third-order valence-corrected chi connectivity index (χ3v) is 2.94. The Balaban J connectivity index is 0.00000200. The fourth-order valence-electron chi connectivity index (χ4n) is 1.96. The van der Waals surface area contributed by atoms with Crippen LogP contribution >= 0.6 is 0 Å². The van der Waals surface area contributed by atoms with Crippen molar-refractivity contribution in [3.63, 3.8) is 0 Å². The van der Waals surface area contributed by atoms with Crippen molar-refractivity contribution < 1.29 is 52.3 Å². The fourth-order valence-corrected chi connectivity index (χ4v) is 1.96. The molecule has 0 spiro atoms. The Hall–Kier alpha value is -0.935. The first kappa shape index (κ1) is 20.1. The zero-order chi connectivity index (χ0) is 13.7. The van der Waals surface area contributed by atoms with E-state index in [4.69, 9.17) is 9.47 Å². The molecule has 100 valence electrons. The summed E-state index contributed by atoms with van der Waals surface area (Å²) in [5.41, 5.74) is 2.52. The molecule has 0 aromatic heterocycles. The van der Waals surface area contributed by atoms with E-state index in [0.29, 0.717) is 5.75 Å². The molecule has 0 bridgehead atoms. The second-order valence-corrected chi connectivity index (χ2v) is 4.10. The molecule has 2 aromatic rings. The van der Waals surface area contributed by atoms with Crippen molar-refractivity contribution in [2.24, 2.45) is 0 Å². The second-order valence-electron chi connectivity index (χ2n) is 4.10. The Morgan fingerprint density at radius 3 is 2.33 bits per heavy atom. The number of hydrogen-bond acceptors (Lipinski definition) is 3. The second kappa shape index (κ2) is 9.90. The molecule has 0 saturated carbocycles. The van der Waals surface area contributed by atoms with Crippen LogP contribution in [0.5, 0.6) is 11.5 Å². The molecule has 0 N–H and O–H groups in total. The van der Waals surface area contributed by atoms with Crippen molar-refractivity contribution in [2.45, 2.75) is 6.61 Å². The van der Waals surface area contributed by atoms with Gasteiger partial charge in [-0.05, 0) is 6.07 Å². The van der Waals surface area contributed by atoms with Gasteiger partial charge in [0.05, 0.1) is 25.7 Å². The fraction of sp³-hybridized carbons (Fsp3) is 0.188. The first-order valence-electron chi connectivity index (χ1n) is 6.01. The third kappa shape index (κ3) is 5.08. The van der Waals surface area contributed by atoms with Gasteiger partial charge in [0.25, 0.3) is 0 Å². The molecular formula is C16H16Li2O3. The van der Waals surface area contributed by atoms with E-state index in [0.717, 1.165) is 22.4 Å². The van der Waals surface area contributed by atoms with E-state index >= 15 is 0 Å². The van der Waals surface area contributed by atoms with E-state index < -0.39 is 0 Å². The van der Waals surface area contributed by atoms with Gasteiger partial charge in [0.15, 0.2) is 0 Å². The van der Waals surface area contributed by atoms with Gasteiger partial charge in [-0.3, -0.25) is 0 Å². The standard InChI is InChI=1S/C16H16O3.2Li/c1-18-14-7-3-5-12(9-14)10-15-13(11-17)6-4-8-16(15)19-2;;/h3-10H,11H2,1-2H3;;/q-2;2*+1. The summed E-state index contributed by atoms with van der Waals surface area (Å²) in [5.74, 6) is 1.49. The number of rotatable bonds is 5. The summed E-state index contributed by atoms with van der Waals surface area (Å²) in [5, 5.41) is 11.2. The maximum absolute atomic E-state index is 11.2. The minimum Gasteiger partial charge on any atom is -0.857 e. The third-order valence-electron chi connectivity index (χ3n) is 2.94. The zero-order valence-corrected chi connectivity index (χ0v) is 13.1. The Bertz CT molecular complexity index is 537. The van der Waals surface area contributed by atoms with Gasteiger partial charge >= 0.3 is 37.7 Å². The van der Waals surface area contributed by atoms with E-state index in [2.05, 4.69) is 0 Å². The van der Waals surface area contributed by atoms with E-state index in [1.54, 1.807) is 14.2 Å². The normalized spacial score (nSPS) is 9.10. The summed E-state index contributed by atoms with van der Waals surface area (Å²) in [6.07, 6.45) is 1.94. The molecule has 3 nitrogen and oxygen atoms in total. The molecule has 0 unspecified atom stereocenters. The number of hydrogen-bond donors (Lipinski definition) is 0. The first-order chi connectivity index (χ1) is 9.28. The van der Waals surface area contributed by atoms with Gasteiger partial charge in [-0.25, -0.2) is 0 Å². The molecule has 0 aliphatic heterocycles. The van der Waals surface area contributed by atoms with Crippen LogP contribution in [0.3, 0.4) is 0 Å². The van der Waals surface area contributed by atoms with Crippen LogP contribution in [0.4, 0.5) is 0 Å². The molecule has 0 amide bonds. The average molecular weight is 270 g/mol. The van der Waals surface area contributed by atoms with Crippen LogP contribution < -0.4 is 52.3 Å². The van der Waals surface area contributed by atoms with Crippen molar-refractivity contribution in [2.75, 3.05) is 14.2 Å². The summed E-state index contributed by atoms with van der Waals surface area (Å²) < 4.78 is 10.5. The smallest absolute Gasteiger partial charge is 0.857 e. The molecule has 0 aliphatic carbocycles. The first-order valence-corrected chi connectivity index (χ1v) is 6.01. The van der Waals surface area contributed by atoms with Crippen LogP contribution in [-0.2, 0) is 6.61 Å². The maximum Gasteiger partial charge on any atom is 1.00 e. The van der Waals surface area contributed by atoms with Crippen LogP contribution in [-0.4, -0.2) is 14.2 Å². The molecule has 2 rings (SSSR count). The quantitative estimate of drug-likeness (QED) is 0.413. The van der Waals surface area contributed by atoms with E-state index in [1.807, 2.05) is 48.9 Å². The van der Waals surface area contributed by atoms with Gasteiger partial charge in [0, 0.05) is 0 Å². The van der Waals surface area contributed by atoms with E-state index in [-0.39, 0.29) is 44.3 Å². The number of ether oxygens (including phenoxy) is 2. The molecule has 0 atom stereocenters. The molecule has 0 fully saturated rings. The van der Waals surface area contributed by atoms with Crippen molar-refractivity contribution >= 4 is 0 Å². The van der Waals surface area contributed by atoms with Gasteiger partial charge in [0.1, 0.15) is 0 Å². The van der Waals surface area contributed by atoms with Crippen molar-refractivity contribution in [3.8, 4) is 11.5 Å². The molecule has 21 heavy (non-hydrogen) atoms. The Labute approximate surface area is 150 Å². The van der Waals surface area contributed by atoms with Crippen LogP contribution in [0.25, 0.3) is 0 Å². The van der Waals surface area contributed by atoms with Crippen LogP contribution in [0.1, 0.15) is 16.7 Å². The van der Waals surface area contributed by atoms with Crippen molar-refractivity contribution in [1.29, 1.82) is 0 Å². The summed E-state index contributed by atoms with van der Waals surface area (Å²) in [6.45, 7) is -0.271. The van der Waals surface area contributed by atoms with Gasteiger partial charge in [-0.2, -0.15) is 0 Å². The molecular weight excluding hydrogens is 254 g/mol. The summed E-state index contributed by atoms with van der Waals surface area (Å²) in [4.78, 5) is 0. The monoisotopic (exact) mass is 270 g/mol. The van der Waals surface area contributed by atoms with Crippen molar-refractivity contribution in [1.82, 2.24) is 0 Å². The van der Waals surface area contributed by atoms with Gasteiger partial charge < -0.3 is 14.6 Å². The van der Waals surface area contributed by atoms with E-state index in [9.17, 15) is 5.11 Å². The van der Waals surface area contributed by atoms with Gasteiger partial charge in [0.2, 0.25) is 0 Å². The van der Waals surface area contributed by atoms with Crippen molar-refractivity contribution in [3.05, 3.63) is 65.6 Å². The summed E-state index contributed by atoms with van der Waals surface area (Å²) in [6, 6.07) is 13.2. The molecule has 0 radical (unpaired) electrons. The molecule has 0 aliphatic rings. The number of methoxy groups -OCH3 is 2. The largest absolute Gasteiger partial charge is 1.00 e. The number of benzene rings is 2. The van der Waals surface area contributed by atoms with Gasteiger partial charge in [-0.15, -0.1) is 30.2 Å². The molecule has 2 aromatic carbocycles. The van der Waals surface area contributed by atoms with Crippen LogP contribution in [0.15, 0.2) is 42.5 Å². The topological polar surface area (TPSA) is 41.5 Å². The minimum absolute atomic E-state index is 0. The summed E-state index contributed by atoms with van der Waals surface area (Å²) >= 11 is 0. The molecule has 0 saturated heterocycles. The van der Waals surface area contributed by atoms with Crippen LogP contribution in [0.2, 0.25) is 0 Å². The maximum atomic E-state index is 11.2. The van der Waals surface area contributed by atoms with E-state index in [1.165, 1.54) is 0 Å². The molecule has 5 heteroatoms. The Kier molecular flexibility index (Phi) is 9.46. The zero-order valence-electron chi connectivity index (χ0n) is 13.1. The molecule has 0 heterocycles. The van der Waals surface area contributed by atoms with Crippen LogP contribution in [0, 0.1) is 6.42 Å². The predicted molar refractivity (Wildman–Crippen MR) is 72.2 cm³/mol.